The lowest BCUT2D eigenvalue weighted by Gasteiger charge is -2.22. The number of aromatic nitrogens is 3. The normalized spacial score (nSPS) is 20.4. The first-order valence-electron chi connectivity index (χ1n) is 15.3. The molecule has 3 atom stereocenters. The maximum Gasteiger partial charge on any atom is 0.431 e. The topological polar surface area (TPSA) is 144 Å². The van der Waals surface area contributed by atoms with Gasteiger partial charge < -0.3 is 11.1 Å². The summed E-state index contributed by atoms with van der Waals surface area (Å²) in [6, 6.07) is 7.10. The van der Waals surface area contributed by atoms with E-state index in [9.17, 15) is 35.2 Å². The average Bonchev–Trinajstić information content (AvgIpc) is 3.49. The number of halogens is 9. The Balaban J connectivity index is 1.45. The molecule has 0 aliphatic heterocycles. The summed E-state index contributed by atoms with van der Waals surface area (Å²) in [5.41, 5.74) is 1.93. The quantitative estimate of drug-likeness (QED) is 0.0982. The van der Waals surface area contributed by atoms with Crippen molar-refractivity contribution in [2.24, 2.45) is 29.6 Å². The van der Waals surface area contributed by atoms with Crippen LogP contribution in [0.15, 0.2) is 70.9 Å². The molecule has 6 rings (SSSR count). The molecule has 4 N–H and O–H groups in total. The molecule has 0 bridgehead atoms. The van der Waals surface area contributed by atoms with E-state index in [2.05, 4.69) is 31.7 Å². The van der Waals surface area contributed by atoms with Gasteiger partial charge in [0.05, 0.1) is 39.8 Å². The van der Waals surface area contributed by atoms with Crippen molar-refractivity contribution in [2.75, 3.05) is 17.5 Å². The molecule has 20 heteroatoms. The number of fused-ring (bicyclic) bond motifs is 2. The minimum Gasteiger partial charge on any atom is -0.394 e. The summed E-state index contributed by atoms with van der Waals surface area (Å²) < 4.78 is 128. The van der Waals surface area contributed by atoms with Crippen LogP contribution in [0, 0.1) is 23.5 Å². The number of benzene rings is 2. The summed E-state index contributed by atoms with van der Waals surface area (Å²) in [6.45, 7) is 2.31. The highest BCUT2D eigenvalue weighted by atomic mass is 35.5. The van der Waals surface area contributed by atoms with E-state index in [-0.39, 0.29) is 55.7 Å². The Hall–Kier alpha value is -4.68. The van der Waals surface area contributed by atoms with Crippen molar-refractivity contribution < 1.29 is 43.9 Å². The lowest BCUT2D eigenvalue weighted by atomic mass is 9.94. The summed E-state index contributed by atoms with van der Waals surface area (Å²) in [5.74, 6) is -10.1. The Labute approximate surface area is 306 Å². The highest BCUT2D eigenvalue weighted by Crippen LogP contribution is 2.65. The number of carbonyl (C=O) groups excluding carboxylic acids is 1. The number of nitrogens with two attached hydrogens (primary N) is 1. The van der Waals surface area contributed by atoms with Gasteiger partial charge in [-0.15, -0.1) is 0 Å². The number of rotatable bonds is 9. The van der Waals surface area contributed by atoms with E-state index in [0.717, 1.165) is 18.4 Å². The lowest BCUT2D eigenvalue weighted by molar-refractivity contribution is -0.120. The van der Waals surface area contributed by atoms with Crippen LogP contribution >= 0.6 is 23.2 Å². The maximum absolute atomic E-state index is 15.3. The van der Waals surface area contributed by atoms with Gasteiger partial charge in [-0.1, -0.05) is 41.4 Å². The van der Waals surface area contributed by atoms with Gasteiger partial charge in [0.2, 0.25) is 15.9 Å². The van der Waals surface area contributed by atoms with Crippen molar-refractivity contribution in [3.05, 3.63) is 99.0 Å². The fraction of sp³-hybridized carbons (Fsp3) is 0.273. The second-order valence-electron chi connectivity index (χ2n) is 12.5. The van der Waals surface area contributed by atoms with Crippen LogP contribution in [0.3, 0.4) is 0 Å². The second-order valence-corrected chi connectivity index (χ2v) is 15.0. The van der Waals surface area contributed by atoms with Crippen molar-refractivity contribution >= 4 is 61.6 Å². The fourth-order valence-corrected chi connectivity index (χ4v) is 7.47. The Morgan fingerprint density at radius 2 is 1.75 bits per heavy atom. The van der Waals surface area contributed by atoms with E-state index < -0.39 is 81.1 Å². The first-order valence-corrected chi connectivity index (χ1v) is 18.0. The number of anilines is 1. The number of aliphatic imine (C=N–C) groups is 1. The molecule has 0 saturated heterocycles. The zero-order chi connectivity index (χ0) is 38.9. The number of pyridine rings is 1. The minimum absolute atomic E-state index is 0.0114. The molecule has 2 aromatic carbocycles. The molecule has 2 aliphatic carbocycles. The third-order valence-electron chi connectivity index (χ3n) is 8.70. The lowest BCUT2D eigenvalue weighted by Crippen LogP contribution is -2.35. The standard InChI is InChI=1S/C33H26Cl2F7N7O3S/c1-13-23-25(29(43)33(40,41)42)30(32(38,39)26(13)23)44-12-22(50)45-20(10-14-8-15(36)11-16(37)9-14)27-17(5-7-21(35)46-27)18-4-6-19(34)24-28(18)49(2)47-31(24)48-53(3,51)52/h4-9,11,20,23,26H,1,10,12,43H2,2-3H3,(H,45,50)(H,47,48)/t20-,23+,26+/m0/s1. The van der Waals surface area contributed by atoms with Gasteiger partial charge in [-0.2, -0.15) is 27.1 Å². The predicted octanol–water partition coefficient (Wildman–Crippen LogP) is 6.66. The number of sulfonamides is 1. The van der Waals surface area contributed by atoms with E-state index in [4.69, 9.17) is 28.9 Å². The van der Waals surface area contributed by atoms with Crippen LogP contribution in [0.4, 0.5) is 36.6 Å². The molecule has 2 saturated carbocycles. The smallest absolute Gasteiger partial charge is 0.394 e. The zero-order valence-corrected chi connectivity index (χ0v) is 29.6. The number of nitrogens with zero attached hydrogens (tertiary/aromatic N) is 4. The van der Waals surface area contributed by atoms with E-state index >= 15 is 8.78 Å². The van der Waals surface area contributed by atoms with E-state index in [1.807, 2.05) is 0 Å². The highest BCUT2D eigenvalue weighted by molar-refractivity contribution is 7.92. The SMILES string of the molecule is C=C1[C@@H]2C(=C(N)C(F)(F)F)C(=NCC(=O)N[C@@H](Cc3cc(F)cc(F)c3)c3nc(Cl)ccc3-c3ccc(Cl)c4c(NS(C)(=O)=O)nn(C)c34)C(F)(F)[C@H]12. The summed E-state index contributed by atoms with van der Waals surface area (Å²) in [5, 5.41) is 6.97. The number of hydrogen-bond donors (Lipinski definition) is 3. The number of alkyl halides is 5. The first-order chi connectivity index (χ1) is 24.6. The molecule has 2 fully saturated rings. The highest BCUT2D eigenvalue weighted by Gasteiger charge is 2.71. The third kappa shape index (κ3) is 7.31. The van der Waals surface area contributed by atoms with Gasteiger partial charge >= 0.3 is 6.18 Å². The minimum atomic E-state index is -5.17. The van der Waals surface area contributed by atoms with E-state index in [1.165, 1.54) is 36.0 Å². The monoisotopic (exact) mass is 803 g/mol. The molecular weight excluding hydrogens is 778 g/mol. The van der Waals surface area contributed by atoms with Gasteiger partial charge in [0.25, 0.3) is 5.92 Å². The van der Waals surface area contributed by atoms with Crippen LogP contribution in [0.5, 0.6) is 0 Å². The zero-order valence-electron chi connectivity index (χ0n) is 27.3. The van der Waals surface area contributed by atoms with Crippen LogP contribution in [0.2, 0.25) is 10.2 Å². The van der Waals surface area contributed by atoms with Crippen LogP contribution in [0.1, 0.15) is 17.3 Å². The molecule has 2 heterocycles. The molecule has 53 heavy (non-hydrogen) atoms. The first kappa shape index (κ1) is 38.1. The predicted molar refractivity (Wildman–Crippen MR) is 184 cm³/mol. The van der Waals surface area contributed by atoms with Crippen molar-refractivity contribution in [1.82, 2.24) is 20.1 Å². The largest absolute Gasteiger partial charge is 0.431 e. The number of nitrogens with one attached hydrogen (secondary N) is 2. The van der Waals surface area contributed by atoms with Crippen LogP contribution in [-0.2, 0) is 28.3 Å². The molecule has 2 aromatic heterocycles. The van der Waals surface area contributed by atoms with Gasteiger partial charge in [0.15, 0.2) is 5.82 Å². The summed E-state index contributed by atoms with van der Waals surface area (Å²) in [7, 11) is -2.32. The Morgan fingerprint density at radius 1 is 1.11 bits per heavy atom. The molecule has 0 spiro atoms. The fourth-order valence-electron chi connectivity index (χ4n) is 6.58. The summed E-state index contributed by atoms with van der Waals surface area (Å²) in [4.78, 5) is 21.5. The maximum atomic E-state index is 15.3. The second kappa shape index (κ2) is 13.3. The number of allylic oxidation sites excluding steroid dienone is 3. The number of amides is 1. The summed E-state index contributed by atoms with van der Waals surface area (Å²) >= 11 is 12.8. The average molecular weight is 805 g/mol. The van der Waals surface area contributed by atoms with Gasteiger partial charge in [-0.05, 0) is 42.3 Å². The van der Waals surface area contributed by atoms with E-state index in [0.29, 0.717) is 11.6 Å². The Kier molecular flexibility index (Phi) is 9.56. The molecule has 0 unspecified atom stereocenters. The van der Waals surface area contributed by atoms with Crippen molar-refractivity contribution in [1.29, 1.82) is 0 Å². The molecule has 4 aromatic rings. The molecule has 280 valence electrons. The molecule has 1 amide bonds. The number of hydrogen-bond acceptors (Lipinski definition) is 7. The summed E-state index contributed by atoms with van der Waals surface area (Å²) in [6.07, 6.45) is -4.63. The van der Waals surface area contributed by atoms with Crippen LogP contribution in [-0.4, -0.2) is 59.7 Å². The van der Waals surface area contributed by atoms with Gasteiger partial charge in [0, 0.05) is 35.7 Å². The molecule has 2 aliphatic rings. The van der Waals surface area contributed by atoms with Crippen molar-refractivity contribution in [3.8, 4) is 11.1 Å². The third-order valence-corrected chi connectivity index (χ3v) is 9.79. The number of aryl methyl sites for hydroxylation is 1. The molecular formula is C33H26Cl2F7N7O3S. The Morgan fingerprint density at radius 3 is 2.38 bits per heavy atom. The van der Waals surface area contributed by atoms with Gasteiger partial charge in [0.1, 0.15) is 34.7 Å². The van der Waals surface area contributed by atoms with Crippen molar-refractivity contribution in [2.45, 2.75) is 24.6 Å². The van der Waals surface area contributed by atoms with Gasteiger partial charge in [-0.3, -0.25) is 19.2 Å². The number of carbonyl (C=O) groups is 1. The Bertz CT molecular complexity index is 2380. The van der Waals surface area contributed by atoms with Crippen molar-refractivity contribution in [3.63, 3.8) is 0 Å². The molecule has 0 radical (unpaired) electrons. The molecule has 10 nitrogen and oxygen atoms in total. The van der Waals surface area contributed by atoms with Crippen LogP contribution in [0.25, 0.3) is 22.0 Å². The van der Waals surface area contributed by atoms with E-state index in [1.54, 1.807) is 0 Å². The van der Waals surface area contributed by atoms with Gasteiger partial charge in [-0.25, -0.2) is 22.2 Å². The van der Waals surface area contributed by atoms with Crippen LogP contribution < -0.4 is 15.8 Å².